The van der Waals surface area contributed by atoms with Crippen molar-refractivity contribution >= 4 is 28.9 Å². The van der Waals surface area contributed by atoms with Crippen LogP contribution in [0.4, 0.5) is 0 Å². The predicted molar refractivity (Wildman–Crippen MR) is 106 cm³/mol. The SMILES string of the molecule is CCNC(=NCc1nc(-c2cccc(Cl)c2)no1)NCCc1cccs1. The van der Waals surface area contributed by atoms with Crippen molar-refractivity contribution in [1.29, 1.82) is 0 Å². The van der Waals surface area contributed by atoms with Crippen LogP contribution in [0.2, 0.25) is 5.02 Å². The van der Waals surface area contributed by atoms with Crippen molar-refractivity contribution in [1.82, 2.24) is 20.8 Å². The Balaban J connectivity index is 1.58. The van der Waals surface area contributed by atoms with Crippen molar-refractivity contribution in [3.8, 4) is 11.4 Å². The molecule has 26 heavy (non-hydrogen) atoms. The number of aliphatic imine (C=N–C) groups is 1. The Hall–Kier alpha value is -2.38. The topological polar surface area (TPSA) is 75.3 Å². The largest absolute Gasteiger partial charge is 0.357 e. The molecule has 0 aliphatic carbocycles. The smallest absolute Gasteiger partial charge is 0.248 e. The van der Waals surface area contributed by atoms with Crippen molar-refractivity contribution in [2.45, 2.75) is 19.9 Å². The molecule has 0 spiro atoms. The van der Waals surface area contributed by atoms with E-state index in [0.29, 0.717) is 23.3 Å². The highest BCUT2D eigenvalue weighted by molar-refractivity contribution is 7.09. The standard InChI is InChI=1S/C18H20ClN5OS/c1-2-20-18(21-9-8-15-7-4-10-26-15)22-12-16-23-17(24-25-16)13-5-3-6-14(19)11-13/h3-7,10-11H,2,8-9,12H2,1H3,(H2,20,21,22). The van der Waals surface area contributed by atoms with Crippen LogP contribution in [0.3, 0.4) is 0 Å². The molecule has 0 radical (unpaired) electrons. The summed E-state index contributed by atoms with van der Waals surface area (Å²) in [5.74, 6) is 1.69. The zero-order valence-corrected chi connectivity index (χ0v) is 16.0. The van der Waals surface area contributed by atoms with E-state index in [0.717, 1.165) is 31.0 Å². The van der Waals surface area contributed by atoms with Crippen LogP contribution in [-0.4, -0.2) is 29.2 Å². The number of hydrogen-bond acceptors (Lipinski definition) is 5. The van der Waals surface area contributed by atoms with Gasteiger partial charge >= 0.3 is 0 Å². The molecular weight excluding hydrogens is 370 g/mol. The fourth-order valence-corrected chi connectivity index (χ4v) is 3.21. The lowest BCUT2D eigenvalue weighted by Gasteiger charge is -2.10. The fraction of sp³-hybridized carbons (Fsp3) is 0.278. The molecule has 6 nitrogen and oxygen atoms in total. The molecule has 3 aromatic rings. The summed E-state index contributed by atoms with van der Waals surface area (Å²) in [6, 6.07) is 11.5. The Morgan fingerprint density at radius 1 is 1.27 bits per heavy atom. The van der Waals surface area contributed by atoms with E-state index in [1.165, 1.54) is 4.88 Å². The number of rotatable bonds is 7. The molecule has 0 fully saturated rings. The Labute approximate surface area is 161 Å². The van der Waals surface area contributed by atoms with Crippen molar-refractivity contribution in [3.05, 3.63) is 57.6 Å². The third-order valence-corrected chi connectivity index (χ3v) is 4.68. The number of thiophene rings is 1. The van der Waals surface area contributed by atoms with E-state index in [1.54, 1.807) is 23.5 Å². The molecule has 0 saturated carbocycles. The zero-order chi connectivity index (χ0) is 18.2. The normalized spacial score (nSPS) is 11.5. The maximum atomic E-state index is 6.00. The summed E-state index contributed by atoms with van der Waals surface area (Å²) >= 11 is 7.76. The van der Waals surface area contributed by atoms with Crippen LogP contribution in [0.5, 0.6) is 0 Å². The molecule has 0 amide bonds. The third-order valence-electron chi connectivity index (χ3n) is 3.51. The summed E-state index contributed by atoms with van der Waals surface area (Å²) in [6.45, 7) is 3.93. The van der Waals surface area contributed by atoms with Crippen molar-refractivity contribution in [3.63, 3.8) is 0 Å². The maximum Gasteiger partial charge on any atom is 0.248 e. The lowest BCUT2D eigenvalue weighted by Crippen LogP contribution is -2.38. The highest BCUT2D eigenvalue weighted by Crippen LogP contribution is 2.20. The van der Waals surface area contributed by atoms with Gasteiger partial charge in [-0.05, 0) is 36.9 Å². The minimum Gasteiger partial charge on any atom is -0.357 e. The van der Waals surface area contributed by atoms with Gasteiger partial charge in [0.2, 0.25) is 11.7 Å². The molecule has 0 atom stereocenters. The van der Waals surface area contributed by atoms with E-state index in [2.05, 4.69) is 43.3 Å². The summed E-state index contributed by atoms with van der Waals surface area (Å²) in [4.78, 5) is 10.2. The summed E-state index contributed by atoms with van der Waals surface area (Å²) in [6.07, 6.45) is 0.960. The Bertz CT molecular complexity index is 847. The highest BCUT2D eigenvalue weighted by Gasteiger charge is 2.09. The van der Waals surface area contributed by atoms with Crippen LogP contribution in [0.25, 0.3) is 11.4 Å². The number of hydrogen-bond donors (Lipinski definition) is 2. The van der Waals surface area contributed by atoms with Crippen LogP contribution < -0.4 is 10.6 Å². The van der Waals surface area contributed by atoms with Gasteiger partial charge in [0.1, 0.15) is 6.54 Å². The lowest BCUT2D eigenvalue weighted by molar-refractivity contribution is 0.380. The number of aromatic nitrogens is 2. The van der Waals surface area contributed by atoms with E-state index in [-0.39, 0.29) is 0 Å². The number of nitrogens with one attached hydrogen (secondary N) is 2. The third kappa shape index (κ3) is 5.31. The molecule has 2 aromatic heterocycles. The second-order valence-electron chi connectivity index (χ2n) is 5.47. The summed E-state index contributed by atoms with van der Waals surface area (Å²) in [5.41, 5.74) is 0.817. The van der Waals surface area contributed by atoms with Gasteiger partial charge in [-0.25, -0.2) is 4.99 Å². The van der Waals surface area contributed by atoms with Gasteiger partial charge in [0.25, 0.3) is 0 Å². The van der Waals surface area contributed by atoms with Gasteiger partial charge in [0.15, 0.2) is 5.96 Å². The van der Waals surface area contributed by atoms with E-state index in [4.69, 9.17) is 16.1 Å². The van der Waals surface area contributed by atoms with Crippen molar-refractivity contribution in [2.75, 3.05) is 13.1 Å². The van der Waals surface area contributed by atoms with Crippen molar-refractivity contribution in [2.24, 2.45) is 4.99 Å². The van der Waals surface area contributed by atoms with Gasteiger partial charge in [-0.15, -0.1) is 11.3 Å². The van der Waals surface area contributed by atoms with Crippen LogP contribution in [0, 0.1) is 0 Å². The van der Waals surface area contributed by atoms with Crippen LogP contribution in [-0.2, 0) is 13.0 Å². The van der Waals surface area contributed by atoms with Crippen LogP contribution >= 0.6 is 22.9 Å². The van der Waals surface area contributed by atoms with Crippen molar-refractivity contribution < 1.29 is 4.52 Å². The minimum absolute atomic E-state index is 0.307. The molecule has 0 unspecified atom stereocenters. The Morgan fingerprint density at radius 3 is 2.96 bits per heavy atom. The lowest BCUT2D eigenvalue weighted by atomic mass is 10.2. The summed E-state index contributed by atoms with van der Waals surface area (Å²) in [5, 5.41) is 13.2. The molecule has 3 rings (SSSR count). The molecule has 0 saturated heterocycles. The average molecular weight is 390 g/mol. The molecular formula is C18H20ClN5OS. The first kappa shape index (κ1) is 18.4. The molecule has 2 heterocycles. The van der Waals surface area contributed by atoms with Crippen LogP contribution in [0.1, 0.15) is 17.7 Å². The van der Waals surface area contributed by atoms with E-state index in [9.17, 15) is 0 Å². The Morgan fingerprint density at radius 2 is 2.19 bits per heavy atom. The van der Waals surface area contributed by atoms with E-state index < -0.39 is 0 Å². The zero-order valence-electron chi connectivity index (χ0n) is 14.4. The van der Waals surface area contributed by atoms with E-state index >= 15 is 0 Å². The first-order valence-electron chi connectivity index (χ1n) is 8.37. The molecule has 2 N–H and O–H groups in total. The van der Waals surface area contributed by atoms with Gasteiger partial charge < -0.3 is 15.2 Å². The Kier molecular flexibility index (Phi) is 6.62. The second-order valence-corrected chi connectivity index (χ2v) is 6.94. The predicted octanol–water partition coefficient (Wildman–Crippen LogP) is 3.75. The number of halogens is 1. The molecule has 1 aromatic carbocycles. The number of guanidine groups is 1. The molecule has 0 aliphatic heterocycles. The van der Waals surface area contributed by atoms with Gasteiger partial charge in [-0.2, -0.15) is 4.98 Å². The number of nitrogens with zero attached hydrogens (tertiary/aromatic N) is 3. The second kappa shape index (κ2) is 9.35. The molecule has 136 valence electrons. The summed E-state index contributed by atoms with van der Waals surface area (Å²) in [7, 11) is 0. The van der Waals surface area contributed by atoms with Gasteiger partial charge in [-0.3, -0.25) is 0 Å². The first-order valence-corrected chi connectivity index (χ1v) is 9.63. The average Bonchev–Trinajstić information content (AvgIpc) is 3.31. The van der Waals surface area contributed by atoms with Crippen LogP contribution in [0.15, 0.2) is 51.3 Å². The quantitative estimate of drug-likeness (QED) is 0.475. The maximum absolute atomic E-state index is 6.00. The van der Waals surface area contributed by atoms with Gasteiger partial charge in [0.05, 0.1) is 0 Å². The monoisotopic (exact) mass is 389 g/mol. The fourth-order valence-electron chi connectivity index (χ4n) is 2.31. The van der Waals surface area contributed by atoms with Gasteiger partial charge in [-0.1, -0.05) is 35.0 Å². The molecule has 8 heteroatoms. The number of benzene rings is 1. The minimum atomic E-state index is 0.307. The van der Waals surface area contributed by atoms with Gasteiger partial charge in [0, 0.05) is 28.6 Å². The highest BCUT2D eigenvalue weighted by atomic mass is 35.5. The first-order chi connectivity index (χ1) is 12.7. The summed E-state index contributed by atoms with van der Waals surface area (Å²) < 4.78 is 5.29. The van der Waals surface area contributed by atoms with E-state index in [1.807, 2.05) is 19.1 Å². The molecule has 0 bridgehead atoms. The molecule has 0 aliphatic rings.